The van der Waals surface area contributed by atoms with Crippen molar-refractivity contribution in [1.29, 1.82) is 5.41 Å². The third kappa shape index (κ3) is 10.4. The van der Waals surface area contributed by atoms with Crippen LogP contribution < -0.4 is 38.9 Å². The molecule has 13 N–H and O–H groups in total. The fourth-order valence-corrected chi connectivity index (χ4v) is 2.85. The molecule has 0 aliphatic carbocycles. The minimum absolute atomic E-state index is 0.187. The Morgan fingerprint density at radius 2 is 1.74 bits per heavy atom. The fraction of sp³-hybridized carbons (Fsp3) is 0.611. The molecule has 1 aromatic rings. The first-order valence-corrected chi connectivity index (χ1v) is 10.2. The van der Waals surface area contributed by atoms with Crippen LogP contribution in [0, 0.1) is 5.41 Å². The minimum Gasteiger partial charge on any atom is -0.370 e. The molecular weight excluding hydrogens is 404 g/mol. The second-order valence-corrected chi connectivity index (χ2v) is 7.16. The number of hydrogen-bond acceptors (Lipinski definition) is 7. The average Bonchev–Trinajstić information content (AvgIpc) is 3.21. The van der Waals surface area contributed by atoms with Crippen molar-refractivity contribution in [1.82, 2.24) is 25.9 Å². The number of aromatic amines is 1. The van der Waals surface area contributed by atoms with E-state index in [1.54, 1.807) is 6.20 Å². The largest absolute Gasteiger partial charge is 0.370 e. The first kappa shape index (κ1) is 25.8. The first-order valence-electron chi connectivity index (χ1n) is 10.2. The van der Waals surface area contributed by atoms with E-state index in [0.717, 1.165) is 0 Å². The van der Waals surface area contributed by atoms with Gasteiger partial charge in [-0.05, 0) is 38.6 Å². The Labute approximate surface area is 181 Å². The van der Waals surface area contributed by atoms with Crippen molar-refractivity contribution >= 4 is 23.7 Å². The maximum atomic E-state index is 12.8. The molecule has 3 amide bonds. The molecule has 31 heavy (non-hydrogen) atoms. The molecule has 1 aromatic heterocycles. The molecule has 0 bridgehead atoms. The highest BCUT2D eigenvalue weighted by molar-refractivity contribution is 5.92. The van der Waals surface area contributed by atoms with Crippen molar-refractivity contribution in [3.05, 3.63) is 18.2 Å². The number of rotatable bonds is 15. The zero-order valence-electron chi connectivity index (χ0n) is 17.5. The summed E-state index contributed by atoms with van der Waals surface area (Å²) in [7, 11) is 0. The Bertz CT molecular complexity index is 709. The molecule has 0 aromatic carbocycles. The Morgan fingerprint density at radius 1 is 1.06 bits per heavy atom. The van der Waals surface area contributed by atoms with Crippen LogP contribution in [0.5, 0.6) is 0 Å². The Balaban J connectivity index is 2.70. The van der Waals surface area contributed by atoms with Gasteiger partial charge in [0.05, 0.1) is 18.1 Å². The number of H-pyrrole nitrogens is 1. The van der Waals surface area contributed by atoms with Crippen molar-refractivity contribution < 1.29 is 14.4 Å². The van der Waals surface area contributed by atoms with Gasteiger partial charge in [-0.1, -0.05) is 0 Å². The molecule has 0 aliphatic heterocycles. The topological polar surface area (TPSA) is 244 Å². The molecule has 0 unspecified atom stereocenters. The Hall–Kier alpha value is -3.19. The summed E-state index contributed by atoms with van der Waals surface area (Å²) in [4.78, 5) is 43.8. The lowest BCUT2D eigenvalue weighted by Crippen LogP contribution is -2.55. The quantitative estimate of drug-likeness (QED) is 0.0780. The molecule has 13 nitrogen and oxygen atoms in total. The maximum absolute atomic E-state index is 12.8. The van der Waals surface area contributed by atoms with E-state index in [1.807, 2.05) is 0 Å². The lowest BCUT2D eigenvalue weighted by atomic mass is 10.1. The standard InChI is InChI=1S/C18H34N10O3/c19-6-2-1-4-14(28-16(30)12(20)8-11-9-24-10-26-11)17(31)27-13(15(21)29)5-3-7-25-18(22)23/h9-10,12-14H,1-8,19-20H2,(H2,21,29)(H,24,26)(H,27,31)(H,28,30)(H4,22,23,25)/t12-,13-,14-/m0/s1. The lowest BCUT2D eigenvalue weighted by Gasteiger charge is -2.23. The number of primary amides is 1. The van der Waals surface area contributed by atoms with Gasteiger partial charge in [0.25, 0.3) is 0 Å². The number of guanidine groups is 1. The van der Waals surface area contributed by atoms with Gasteiger partial charge in [-0.25, -0.2) is 4.98 Å². The number of amides is 3. The number of hydrogen-bond donors (Lipinski definition) is 9. The zero-order valence-corrected chi connectivity index (χ0v) is 17.5. The summed E-state index contributed by atoms with van der Waals surface area (Å²) in [6.45, 7) is 0.807. The fourth-order valence-electron chi connectivity index (χ4n) is 2.85. The second kappa shape index (κ2) is 13.9. The zero-order chi connectivity index (χ0) is 23.2. The van der Waals surface area contributed by atoms with Crippen molar-refractivity contribution in [2.24, 2.45) is 22.9 Å². The number of unbranched alkanes of at least 4 members (excludes halogenated alkanes) is 1. The van der Waals surface area contributed by atoms with Crippen LogP contribution in [0.2, 0.25) is 0 Å². The molecule has 0 aliphatic rings. The third-order valence-electron chi connectivity index (χ3n) is 4.55. The number of carbonyl (C=O) groups excluding carboxylic acids is 3. The molecule has 3 atom stereocenters. The van der Waals surface area contributed by atoms with E-state index < -0.39 is 35.8 Å². The van der Waals surface area contributed by atoms with Crippen LogP contribution in [0.1, 0.15) is 37.8 Å². The Kier molecular flexibility index (Phi) is 11.6. The van der Waals surface area contributed by atoms with Crippen molar-refractivity contribution in [3.8, 4) is 0 Å². The van der Waals surface area contributed by atoms with Gasteiger partial charge in [-0.15, -0.1) is 0 Å². The highest BCUT2D eigenvalue weighted by atomic mass is 16.2. The van der Waals surface area contributed by atoms with Gasteiger partial charge in [-0.3, -0.25) is 19.8 Å². The summed E-state index contributed by atoms with van der Waals surface area (Å²) in [6, 6.07) is -2.70. The normalized spacial score (nSPS) is 13.6. The molecule has 0 saturated heterocycles. The van der Waals surface area contributed by atoms with Crippen LogP contribution in [0.25, 0.3) is 0 Å². The molecule has 0 radical (unpaired) electrons. The van der Waals surface area contributed by atoms with Crippen LogP contribution in [-0.4, -0.2) is 64.9 Å². The molecule has 174 valence electrons. The van der Waals surface area contributed by atoms with Gasteiger partial charge in [0, 0.05) is 19.2 Å². The monoisotopic (exact) mass is 438 g/mol. The van der Waals surface area contributed by atoms with Crippen LogP contribution in [0.3, 0.4) is 0 Å². The second-order valence-electron chi connectivity index (χ2n) is 7.16. The number of nitrogens with one attached hydrogen (secondary N) is 5. The van der Waals surface area contributed by atoms with Gasteiger partial charge < -0.3 is 43.9 Å². The SMILES string of the molecule is N=C(N)NCCC[C@H](NC(=O)[C@H](CCCCN)NC(=O)[C@@H](N)Cc1c[nH]cn1)C(N)=O. The highest BCUT2D eigenvalue weighted by Gasteiger charge is 2.27. The molecule has 1 heterocycles. The maximum Gasteiger partial charge on any atom is 0.243 e. The van der Waals surface area contributed by atoms with Crippen LogP contribution in [0.15, 0.2) is 12.5 Å². The van der Waals surface area contributed by atoms with Gasteiger partial charge in [0.2, 0.25) is 17.7 Å². The number of imidazole rings is 1. The molecule has 1 rings (SSSR count). The van der Waals surface area contributed by atoms with E-state index in [1.165, 1.54) is 6.33 Å². The molecule has 13 heteroatoms. The third-order valence-corrected chi connectivity index (χ3v) is 4.55. The van der Waals surface area contributed by atoms with E-state index in [-0.39, 0.29) is 18.8 Å². The number of nitrogens with two attached hydrogens (primary N) is 4. The van der Waals surface area contributed by atoms with Crippen molar-refractivity contribution in [2.75, 3.05) is 13.1 Å². The van der Waals surface area contributed by atoms with Crippen molar-refractivity contribution in [3.63, 3.8) is 0 Å². The predicted molar refractivity (Wildman–Crippen MR) is 115 cm³/mol. The van der Waals surface area contributed by atoms with E-state index >= 15 is 0 Å². The summed E-state index contributed by atoms with van der Waals surface area (Å²) < 4.78 is 0. The van der Waals surface area contributed by atoms with E-state index in [9.17, 15) is 14.4 Å². The van der Waals surface area contributed by atoms with E-state index in [0.29, 0.717) is 44.5 Å². The number of aromatic nitrogens is 2. The summed E-state index contributed by atoms with van der Waals surface area (Å²) in [5.41, 5.74) is 22.7. The summed E-state index contributed by atoms with van der Waals surface area (Å²) in [5.74, 6) is -1.91. The van der Waals surface area contributed by atoms with E-state index in [4.69, 9.17) is 28.3 Å². The minimum atomic E-state index is -0.923. The van der Waals surface area contributed by atoms with E-state index in [2.05, 4.69) is 25.9 Å². The van der Waals surface area contributed by atoms with Crippen LogP contribution >= 0.6 is 0 Å². The molecular formula is C18H34N10O3. The van der Waals surface area contributed by atoms with Crippen LogP contribution in [0.4, 0.5) is 0 Å². The van der Waals surface area contributed by atoms with Gasteiger partial charge >= 0.3 is 0 Å². The average molecular weight is 439 g/mol. The summed E-state index contributed by atoms with van der Waals surface area (Å²) >= 11 is 0. The molecule has 0 spiro atoms. The van der Waals surface area contributed by atoms with Crippen LogP contribution in [-0.2, 0) is 20.8 Å². The molecule has 0 fully saturated rings. The Morgan fingerprint density at radius 3 is 2.32 bits per heavy atom. The van der Waals surface area contributed by atoms with Gasteiger partial charge in [0.15, 0.2) is 5.96 Å². The highest BCUT2D eigenvalue weighted by Crippen LogP contribution is 2.05. The van der Waals surface area contributed by atoms with Gasteiger partial charge in [0.1, 0.15) is 12.1 Å². The lowest BCUT2D eigenvalue weighted by molar-refractivity contribution is -0.132. The molecule has 0 saturated carbocycles. The predicted octanol–water partition coefficient (Wildman–Crippen LogP) is -2.87. The number of nitrogens with zero attached hydrogens (tertiary/aromatic N) is 1. The smallest absolute Gasteiger partial charge is 0.243 e. The van der Waals surface area contributed by atoms with Gasteiger partial charge in [-0.2, -0.15) is 0 Å². The first-order chi connectivity index (χ1) is 14.7. The van der Waals surface area contributed by atoms with Crippen molar-refractivity contribution in [2.45, 2.75) is 56.7 Å². The summed E-state index contributed by atoms with van der Waals surface area (Å²) in [5, 5.41) is 15.0. The number of carbonyl (C=O) groups is 3. The summed E-state index contributed by atoms with van der Waals surface area (Å²) in [6.07, 6.45) is 5.65.